The van der Waals surface area contributed by atoms with Crippen molar-refractivity contribution >= 4 is 20.2 Å². The summed E-state index contributed by atoms with van der Waals surface area (Å²) in [6.07, 6.45) is 1.91. The zero-order chi connectivity index (χ0) is 21.5. The van der Waals surface area contributed by atoms with Gasteiger partial charge in [0, 0.05) is 0 Å². The molecule has 6 nitrogen and oxygen atoms in total. The molecule has 4 rings (SSSR count). The Kier molecular flexibility index (Phi) is 5.78. The van der Waals surface area contributed by atoms with Crippen LogP contribution in [0.4, 0.5) is 0 Å². The van der Waals surface area contributed by atoms with Gasteiger partial charge in [-0.1, -0.05) is 35.4 Å². The molecule has 0 heterocycles. The molecule has 0 N–H and O–H groups in total. The molecule has 0 aliphatic heterocycles. The Hall–Kier alpha value is -1.74. The molecule has 8 heteroatoms. The Balaban J connectivity index is 1.41. The molecule has 162 valence electrons. The molecule has 2 aliphatic carbocycles. The van der Waals surface area contributed by atoms with Crippen LogP contribution < -0.4 is 0 Å². The van der Waals surface area contributed by atoms with E-state index in [-0.39, 0.29) is 28.2 Å². The average molecular weight is 451 g/mol. The van der Waals surface area contributed by atoms with Crippen LogP contribution in [0.1, 0.15) is 30.4 Å². The number of aryl methyl sites for hydroxylation is 2. The highest BCUT2D eigenvalue weighted by Gasteiger charge is 2.49. The lowest BCUT2D eigenvalue weighted by Crippen LogP contribution is -2.32. The lowest BCUT2D eigenvalue weighted by atomic mass is 9.87. The molecule has 2 fully saturated rings. The van der Waals surface area contributed by atoms with Gasteiger partial charge < -0.3 is 0 Å². The molecular formula is C22H26O6S2. The van der Waals surface area contributed by atoms with Crippen LogP contribution in [0.3, 0.4) is 0 Å². The minimum absolute atomic E-state index is 0.0246. The zero-order valence-electron chi connectivity index (χ0n) is 17.0. The van der Waals surface area contributed by atoms with Crippen LogP contribution in [0, 0.1) is 31.6 Å². The van der Waals surface area contributed by atoms with Gasteiger partial charge in [-0.05, 0) is 75.1 Å². The van der Waals surface area contributed by atoms with E-state index in [9.17, 15) is 16.8 Å². The normalized spacial score (nSPS) is 26.2. The van der Waals surface area contributed by atoms with E-state index in [1.807, 2.05) is 13.8 Å². The minimum atomic E-state index is -3.86. The number of fused-ring (bicyclic) bond motifs is 2. The Morgan fingerprint density at radius 1 is 0.767 bits per heavy atom. The number of hydrogen-bond acceptors (Lipinski definition) is 6. The maximum atomic E-state index is 12.7. The predicted octanol–water partition coefficient (Wildman–Crippen LogP) is 3.83. The SMILES string of the molecule is Cc1ccc(S(=O)(=O)OC[C@H]2C[C@H]3C[C@H]2[C@H](OS(=O)(=O)c2ccc(C)cc2)C3)cc1. The summed E-state index contributed by atoms with van der Waals surface area (Å²) in [4.78, 5) is 0.275. The van der Waals surface area contributed by atoms with Crippen molar-refractivity contribution in [1.29, 1.82) is 0 Å². The van der Waals surface area contributed by atoms with Gasteiger partial charge in [0.15, 0.2) is 0 Å². The second kappa shape index (κ2) is 8.07. The molecule has 4 atom stereocenters. The lowest BCUT2D eigenvalue weighted by molar-refractivity contribution is 0.0852. The molecule has 0 unspecified atom stereocenters. The third-order valence-corrected chi connectivity index (χ3v) is 8.84. The lowest BCUT2D eigenvalue weighted by Gasteiger charge is -2.28. The molecular weight excluding hydrogens is 424 g/mol. The zero-order valence-corrected chi connectivity index (χ0v) is 18.7. The van der Waals surface area contributed by atoms with Gasteiger partial charge in [0.1, 0.15) is 0 Å². The van der Waals surface area contributed by atoms with Crippen molar-refractivity contribution < 1.29 is 25.2 Å². The summed E-state index contributed by atoms with van der Waals surface area (Å²) < 4.78 is 61.2. The fourth-order valence-corrected chi connectivity index (χ4v) is 6.69. The van der Waals surface area contributed by atoms with Gasteiger partial charge in [-0.25, -0.2) is 0 Å². The van der Waals surface area contributed by atoms with E-state index in [4.69, 9.17) is 8.37 Å². The third-order valence-electron chi connectivity index (χ3n) is 6.20. The monoisotopic (exact) mass is 450 g/mol. The van der Waals surface area contributed by atoms with Crippen LogP contribution in [0.15, 0.2) is 58.3 Å². The first-order valence-corrected chi connectivity index (χ1v) is 12.9. The summed E-state index contributed by atoms with van der Waals surface area (Å²) in [5.41, 5.74) is 1.94. The number of benzene rings is 2. The third kappa shape index (κ3) is 4.46. The van der Waals surface area contributed by atoms with E-state index in [1.54, 1.807) is 36.4 Å². The first-order chi connectivity index (χ1) is 14.1. The highest BCUT2D eigenvalue weighted by Crippen LogP contribution is 2.50. The summed E-state index contributed by atoms with van der Waals surface area (Å²) in [6.45, 7) is 3.82. The molecule has 0 aromatic heterocycles. The highest BCUT2D eigenvalue weighted by atomic mass is 32.2. The largest absolute Gasteiger partial charge is 0.297 e. The Bertz CT molecular complexity index is 1100. The second-order valence-electron chi connectivity index (χ2n) is 8.45. The van der Waals surface area contributed by atoms with Crippen LogP contribution in [-0.4, -0.2) is 29.5 Å². The van der Waals surface area contributed by atoms with E-state index >= 15 is 0 Å². The van der Waals surface area contributed by atoms with Crippen LogP contribution in [-0.2, 0) is 28.6 Å². The van der Waals surface area contributed by atoms with Crippen LogP contribution in [0.5, 0.6) is 0 Å². The molecule has 30 heavy (non-hydrogen) atoms. The van der Waals surface area contributed by atoms with Crippen molar-refractivity contribution in [3.63, 3.8) is 0 Å². The van der Waals surface area contributed by atoms with E-state index in [0.717, 1.165) is 24.0 Å². The van der Waals surface area contributed by atoms with Crippen molar-refractivity contribution in [3.8, 4) is 0 Å². The van der Waals surface area contributed by atoms with Crippen LogP contribution in [0.25, 0.3) is 0 Å². The maximum absolute atomic E-state index is 12.7. The van der Waals surface area contributed by atoms with E-state index < -0.39 is 26.3 Å². The number of rotatable bonds is 7. The summed E-state index contributed by atoms with van der Waals surface area (Å²) in [7, 11) is -7.70. The van der Waals surface area contributed by atoms with Gasteiger partial charge in [-0.3, -0.25) is 8.37 Å². The Morgan fingerprint density at radius 3 is 1.83 bits per heavy atom. The fraction of sp³-hybridized carbons (Fsp3) is 0.455. The van der Waals surface area contributed by atoms with Crippen molar-refractivity contribution in [3.05, 3.63) is 59.7 Å². The molecule has 2 aromatic carbocycles. The van der Waals surface area contributed by atoms with Gasteiger partial charge in [0.05, 0.1) is 22.5 Å². The minimum Gasteiger partial charge on any atom is -0.266 e. The van der Waals surface area contributed by atoms with Crippen LogP contribution in [0.2, 0.25) is 0 Å². The van der Waals surface area contributed by atoms with Gasteiger partial charge in [0.25, 0.3) is 20.2 Å². The topological polar surface area (TPSA) is 86.7 Å². The molecule has 2 aromatic rings. The number of hydrogen-bond donors (Lipinski definition) is 0. The van der Waals surface area contributed by atoms with Gasteiger partial charge >= 0.3 is 0 Å². The molecule has 0 saturated heterocycles. The van der Waals surface area contributed by atoms with E-state index in [2.05, 4.69) is 0 Å². The van der Waals surface area contributed by atoms with Crippen molar-refractivity contribution in [1.82, 2.24) is 0 Å². The predicted molar refractivity (Wildman–Crippen MR) is 112 cm³/mol. The molecule has 0 radical (unpaired) electrons. The van der Waals surface area contributed by atoms with Crippen molar-refractivity contribution in [2.75, 3.05) is 6.61 Å². The van der Waals surface area contributed by atoms with Crippen molar-refractivity contribution in [2.24, 2.45) is 17.8 Å². The van der Waals surface area contributed by atoms with Crippen LogP contribution >= 0.6 is 0 Å². The maximum Gasteiger partial charge on any atom is 0.297 e. The first kappa shape index (κ1) is 21.5. The molecule has 0 spiro atoms. The molecule has 2 aliphatic rings. The first-order valence-electron chi connectivity index (χ1n) is 10.1. The van der Waals surface area contributed by atoms with E-state index in [0.29, 0.717) is 12.3 Å². The molecule has 2 bridgehead atoms. The summed E-state index contributed by atoms with van der Waals surface area (Å²) in [5.74, 6) is 0.273. The quantitative estimate of drug-likeness (QED) is 0.596. The summed E-state index contributed by atoms with van der Waals surface area (Å²) in [6, 6.07) is 13.1. The fourth-order valence-electron chi connectivity index (χ4n) is 4.60. The van der Waals surface area contributed by atoms with E-state index in [1.165, 1.54) is 12.1 Å². The smallest absolute Gasteiger partial charge is 0.266 e. The highest BCUT2D eigenvalue weighted by molar-refractivity contribution is 7.87. The van der Waals surface area contributed by atoms with Gasteiger partial charge in [-0.2, -0.15) is 16.8 Å². The average Bonchev–Trinajstić information content (AvgIpc) is 3.27. The van der Waals surface area contributed by atoms with Gasteiger partial charge in [0.2, 0.25) is 0 Å². The summed E-state index contributed by atoms with van der Waals surface area (Å²) in [5, 5.41) is 0. The molecule has 2 saturated carbocycles. The molecule has 0 amide bonds. The Labute approximate surface area is 178 Å². The standard InChI is InChI=1S/C22H26O6S2/c1-15-3-7-19(8-4-15)29(23,24)27-14-18-11-17-12-21(18)22(13-17)28-30(25,26)20-9-5-16(2)6-10-20/h3-10,17-18,21-22H,11-14H2,1-2H3/t17-,18+,21+,22+/m0/s1. The van der Waals surface area contributed by atoms with Gasteiger partial charge in [-0.15, -0.1) is 0 Å². The Morgan fingerprint density at radius 2 is 1.30 bits per heavy atom. The van der Waals surface area contributed by atoms with Crippen molar-refractivity contribution in [2.45, 2.75) is 49.0 Å². The second-order valence-corrected chi connectivity index (χ2v) is 11.6. The summed E-state index contributed by atoms with van der Waals surface area (Å²) >= 11 is 0.